The maximum atomic E-state index is 12.6. The third kappa shape index (κ3) is 3.85. The van der Waals surface area contributed by atoms with Gasteiger partial charge >= 0.3 is 12.1 Å². The van der Waals surface area contributed by atoms with Crippen LogP contribution in [0.1, 0.15) is 34.7 Å². The molecule has 0 aromatic carbocycles. The van der Waals surface area contributed by atoms with E-state index in [-0.39, 0.29) is 17.8 Å². The van der Waals surface area contributed by atoms with Crippen LogP contribution >= 0.6 is 23.1 Å². The normalized spacial score (nSPS) is 27.2. The first-order valence-electron chi connectivity index (χ1n) is 8.57. The fourth-order valence-corrected chi connectivity index (χ4v) is 5.27. The largest absolute Gasteiger partial charge is 0.468 e. The Morgan fingerprint density at radius 1 is 1.41 bits per heavy atom. The topological polar surface area (TPSA) is 116 Å². The molecular formula is C16H16F3N5O3S2. The maximum absolute atomic E-state index is 12.6. The summed E-state index contributed by atoms with van der Waals surface area (Å²) in [4.78, 5) is 24.5. The van der Waals surface area contributed by atoms with Crippen molar-refractivity contribution < 1.29 is 27.1 Å². The number of fused-ring (bicyclic) bond motifs is 1. The zero-order valence-corrected chi connectivity index (χ0v) is 16.7. The van der Waals surface area contributed by atoms with Crippen molar-refractivity contribution in [3.05, 3.63) is 28.2 Å². The highest BCUT2D eigenvalue weighted by Crippen LogP contribution is 2.47. The Kier molecular flexibility index (Phi) is 5.07. The highest BCUT2D eigenvalue weighted by atomic mass is 32.2. The highest BCUT2D eigenvalue weighted by molar-refractivity contribution is 8.13. The lowest BCUT2D eigenvalue weighted by Gasteiger charge is -2.44. The summed E-state index contributed by atoms with van der Waals surface area (Å²) in [7, 11) is 0. The molecule has 13 heteroatoms. The number of thiazole rings is 1. The molecule has 4 rings (SSSR count). The molecule has 1 saturated heterocycles. The van der Waals surface area contributed by atoms with Gasteiger partial charge in [0.2, 0.25) is 0 Å². The van der Waals surface area contributed by atoms with E-state index in [4.69, 9.17) is 10.5 Å². The van der Waals surface area contributed by atoms with Crippen LogP contribution in [0.3, 0.4) is 0 Å². The predicted molar refractivity (Wildman–Crippen MR) is 101 cm³/mol. The van der Waals surface area contributed by atoms with E-state index in [0.717, 1.165) is 12.2 Å². The zero-order chi connectivity index (χ0) is 20.8. The smallest absolute Gasteiger partial charge is 0.441 e. The summed E-state index contributed by atoms with van der Waals surface area (Å²) in [5, 5.41) is 5.11. The second kappa shape index (κ2) is 7.29. The lowest BCUT2D eigenvalue weighted by atomic mass is 9.80. The Morgan fingerprint density at radius 2 is 2.21 bits per heavy atom. The van der Waals surface area contributed by atoms with E-state index in [9.17, 15) is 18.0 Å². The Hall–Kier alpha value is -2.12. The van der Waals surface area contributed by atoms with Crippen LogP contribution in [0.4, 0.5) is 19.0 Å². The molecule has 3 N–H and O–H groups in total. The molecule has 8 nitrogen and oxygen atoms in total. The maximum Gasteiger partial charge on any atom is 0.468 e. The van der Waals surface area contributed by atoms with Gasteiger partial charge in [0.05, 0.1) is 12.7 Å². The lowest BCUT2D eigenvalue weighted by Crippen LogP contribution is -2.49. The van der Waals surface area contributed by atoms with Crippen LogP contribution in [0.15, 0.2) is 21.1 Å². The average molecular weight is 447 g/mol. The van der Waals surface area contributed by atoms with E-state index < -0.39 is 29.2 Å². The predicted octanol–water partition coefficient (Wildman–Crippen LogP) is 3.08. The van der Waals surface area contributed by atoms with Crippen LogP contribution in [0.2, 0.25) is 0 Å². The molecule has 29 heavy (non-hydrogen) atoms. The van der Waals surface area contributed by atoms with Crippen LogP contribution in [0.5, 0.6) is 0 Å². The molecule has 0 bridgehead atoms. The number of hydrogen-bond donors (Lipinski definition) is 2. The number of nitrogens with one attached hydrogen (secondary N) is 1. The van der Waals surface area contributed by atoms with Gasteiger partial charge in [-0.25, -0.2) is 15.0 Å². The first kappa shape index (κ1) is 20.2. The van der Waals surface area contributed by atoms with Gasteiger partial charge in [0.15, 0.2) is 10.9 Å². The Labute approximate surface area is 171 Å². The van der Waals surface area contributed by atoms with Gasteiger partial charge in [-0.15, -0.1) is 11.3 Å². The summed E-state index contributed by atoms with van der Waals surface area (Å²) in [6, 6.07) is 0. The molecule has 156 valence electrons. The van der Waals surface area contributed by atoms with Crippen molar-refractivity contribution in [3.63, 3.8) is 0 Å². The van der Waals surface area contributed by atoms with Gasteiger partial charge in [-0.2, -0.15) is 13.2 Å². The quantitative estimate of drug-likeness (QED) is 0.743. The van der Waals surface area contributed by atoms with Crippen LogP contribution in [-0.4, -0.2) is 39.5 Å². The van der Waals surface area contributed by atoms with Gasteiger partial charge in [0.1, 0.15) is 22.6 Å². The van der Waals surface area contributed by atoms with Crippen molar-refractivity contribution in [2.45, 2.75) is 31.2 Å². The van der Waals surface area contributed by atoms with Gasteiger partial charge in [0.25, 0.3) is 5.91 Å². The summed E-state index contributed by atoms with van der Waals surface area (Å²) in [5.74, 6) is -1.20. The van der Waals surface area contributed by atoms with Crippen LogP contribution < -0.4 is 11.1 Å². The van der Waals surface area contributed by atoms with Crippen LogP contribution in [-0.2, 0) is 16.5 Å². The number of aliphatic imine (C=N–C) groups is 1. The summed E-state index contributed by atoms with van der Waals surface area (Å²) in [6.45, 7) is 2.32. The number of halogens is 3. The molecule has 2 aromatic heterocycles. The monoisotopic (exact) mass is 447 g/mol. The van der Waals surface area contributed by atoms with E-state index in [1.807, 2.05) is 6.92 Å². The molecule has 2 aliphatic heterocycles. The van der Waals surface area contributed by atoms with E-state index in [0.29, 0.717) is 23.0 Å². The van der Waals surface area contributed by atoms with Gasteiger partial charge < -0.3 is 20.2 Å². The number of alkyl halides is 3. The Morgan fingerprint density at radius 3 is 2.93 bits per heavy atom. The molecular weight excluding hydrogens is 431 g/mol. The molecule has 0 aliphatic carbocycles. The Balaban J connectivity index is 1.55. The minimum Gasteiger partial charge on any atom is -0.441 e. The van der Waals surface area contributed by atoms with Gasteiger partial charge in [0, 0.05) is 17.1 Å². The second-order valence-electron chi connectivity index (χ2n) is 6.77. The molecule has 2 aliphatic rings. The number of rotatable bonds is 3. The lowest BCUT2D eigenvalue weighted by molar-refractivity contribution is -0.157. The number of anilines is 1. The minimum atomic E-state index is -4.77. The second-order valence-corrected chi connectivity index (χ2v) is 8.67. The van der Waals surface area contributed by atoms with E-state index in [1.165, 1.54) is 23.1 Å². The molecule has 3 atom stereocenters. The van der Waals surface area contributed by atoms with Crippen molar-refractivity contribution >= 4 is 40.0 Å². The van der Waals surface area contributed by atoms with Crippen molar-refractivity contribution in [1.29, 1.82) is 0 Å². The van der Waals surface area contributed by atoms with Crippen molar-refractivity contribution in [3.8, 4) is 0 Å². The molecule has 1 amide bonds. The number of thioether (sulfide) groups is 1. The third-order valence-electron chi connectivity index (χ3n) is 4.72. The average Bonchev–Trinajstić information content (AvgIpc) is 3.31. The number of amides is 1. The van der Waals surface area contributed by atoms with Crippen LogP contribution in [0, 0.1) is 5.92 Å². The first-order valence-corrected chi connectivity index (χ1v) is 10.4. The summed E-state index contributed by atoms with van der Waals surface area (Å²) < 4.78 is 47.9. The number of nitrogens with two attached hydrogens (primary N) is 1. The third-order valence-corrected chi connectivity index (χ3v) is 6.68. The number of nitrogens with zero attached hydrogens (tertiary/aromatic N) is 3. The standard InChI is InChI=1S/C16H16F3N5O3S2/c1-7-2-8-4-29-14(20)24-15(8,6-27-7)13-23-10(5-28-13)22-11(25)9-3-26-12(21-9)16(17,18)19/h3,5,7-8H,2,4,6H2,1H3,(H2,20,24)(H,22,25)/t7-,8-,15-/m0/s1. The van der Waals surface area contributed by atoms with E-state index >= 15 is 0 Å². The molecule has 2 aromatic rings. The van der Waals surface area contributed by atoms with Crippen LogP contribution in [0.25, 0.3) is 0 Å². The van der Waals surface area contributed by atoms with Crippen molar-refractivity contribution in [1.82, 2.24) is 9.97 Å². The molecule has 0 radical (unpaired) electrons. The summed E-state index contributed by atoms with van der Waals surface area (Å²) in [6.07, 6.45) is -3.23. The Bertz CT molecular complexity index is 960. The number of oxazole rings is 1. The summed E-state index contributed by atoms with van der Waals surface area (Å²) >= 11 is 2.77. The first-order chi connectivity index (χ1) is 13.7. The van der Waals surface area contributed by atoms with E-state index in [1.54, 1.807) is 5.38 Å². The number of carbonyl (C=O) groups is 1. The molecule has 4 heterocycles. The van der Waals surface area contributed by atoms with Gasteiger partial charge in [-0.05, 0) is 13.3 Å². The minimum absolute atomic E-state index is 0.0948. The van der Waals surface area contributed by atoms with Crippen molar-refractivity contribution in [2.24, 2.45) is 16.6 Å². The fourth-order valence-electron chi connectivity index (χ4n) is 3.30. The number of amidine groups is 1. The van der Waals surface area contributed by atoms with Gasteiger partial charge in [-0.3, -0.25) is 4.79 Å². The number of carbonyl (C=O) groups excluding carboxylic acids is 1. The number of hydrogen-bond acceptors (Lipinski definition) is 9. The fraction of sp³-hybridized carbons (Fsp3) is 0.500. The highest BCUT2D eigenvalue weighted by Gasteiger charge is 2.49. The van der Waals surface area contributed by atoms with Gasteiger partial charge in [-0.1, -0.05) is 11.8 Å². The molecule has 0 saturated carbocycles. The summed E-state index contributed by atoms with van der Waals surface area (Å²) in [5.41, 5.74) is 4.73. The SMILES string of the molecule is C[C@H]1C[C@H]2CSC(N)=N[C@@]2(c2nc(NC(=O)c3coc(C(F)(F)F)n3)cs2)CO1. The molecule has 0 spiro atoms. The molecule has 1 fully saturated rings. The van der Waals surface area contributed by atoms with Crippen molar-refractivity contribution in [2.75, 3.05) is 17.7 Å². The number of aromatic nitrogens is 2. The zero-order valence-electron chi connectivity index (χ0n) is 15.0. The molecule has 0 unspecified atom stereocenters. The number of ether oxygens (including phenoxy) is 1. The van der Waals surface area contributed by atoms with E-state index in [2.05, 4.69) is 24.7 Å².